The Balaban J connectivity index is 1.53. The van der Waals surface area contributed by atoms with E-state index in [4.69, 9.17) is 0 Å². The number of thiophene rings is 1. The van der Waals surface area contributed by atoms with Gasteiger partial charge in [-0.2, -0.15) is 0 Å². The lowest BCUT2D eigenvalue weighted by molar-refractivity contribution is 1.24. The normalized spacial score (nSPS) is 11.4. The van der Waals surface area contributed by atoms with Crippen molar-refractivity contribution in [1.29, 1.82) is 0 Å². The number of aromatic nitrogens is 1. The molecule has 2 heteroatoms. The van der Waals surface area contributed by atoms with Crippen molar-refractivity contribution in [1.82, 2.24) is 4.57 Å². The summed E-state index contributed by atoms with van der Waals surface area (Å²) in [6.07, 6.45) is 4.45. The molecular formula is C32H23NS. The number of nitrogens with zero attached hydrogens (tertiary/aromatic N) is 1. The summed E-state index contributed by atoms with van der Waals surface area (Å²) >= 11 is 1.82. The lowest BCUT2D eigenvalue weighted by atomic mass is 9.98. The SMILES string of the molecule is C(=C\n1c(-c2ccccc2)c(-c2ccccc2)c2ccccc21)/c1ccc(-c2ccccc2)s1. The third-order valence-corrected chi connectivity index (χ3v) is 7.19. The predicted octanol–water partition coefficient (Wildman–Crippen LogP) is 9.33. The zero-order chi connectivity index (χ0) is 22.7. The molecule has 0 aliphatic carbocycles. The van der Waals surface area contributed by atoms with Gasteiger partial charge >= 0.3 is 0 Å². The van der Waals surface area contributed by atoms with E-state index in [9.17, 15) is 0 Å². The second-order valence-corrected chi connectivity index (χ2v) is 9.34. The Kier molecular flexibility index (Phi) is 5.42. The van der Waals surface area contributed by atoms with Gasteiger partial charge in [0.2, 0.25) is 0 Å². The zero-order valence-electron chi connectivity index (χ0n) is 18.6. The van der Waals surface area contributed by atoms with Crippen molar-refractivity contribution in [2.75, 3.05) is 0 Å². The monoisotopic (exact) mass is 453 g/mol. The largest absolute Gasteiger partial charge is 0.315 e. The molecule has 0 spiro atoms. The van der Waals surface area contributed by atoms with E-state index in [2.05, 4.69) is 144 Å². The van der Waals surface area contributed by atoms with Crippen LogP contribution < -0.4 is 0 Å². The molecule has 0 saturated carbocycles. The van der Waals surface area contributed by atoms with Crippen LogP contribution in [0.3, 0.4) is 0 Å². The molecule has 0 radical (unpaired) electrons. The van der Waals surface area contributed by atoms with Crippen LogP contribution >= 0.6 is 11.3 Å². The fourth-order valence-electron chi connectivity index (χ4n) is 4.54. The van der Waals surface area contributed by atoms with Crippen molar-refractivity contribution in [2.45, 2.75) is 0 Å². The van der Waals surface area contributed by atoms with E-state index in [1.807, 2.05) is 11.3 Å². The summed E-state index contributed by atoms with van der Waals surface area (Å²) in [7, 11) is 0. The molecule has 0 bridgehead atoms. The Bertz CT molecular complexity index is 1570. The molecule has 0 aliphatic rings. The van der Waals surface area contributed by atoms with E-state index >= 15 is 0 Å². The summed E-state index contributed by atoms with van der Waals surface area (Å²) in [6, 6.07) is 45.1. The van der Waals surface area contributed by atoms with E-state index in [0.29, 0.717) is 0 Å². The topological polar surface area (TPSA) is 4.93 Å². The highest BCUT2D eigenvalue weighted by atomic mass is 32.1. The van der Waals surface area contributed by atoms with E-state index in [0.717, 1.165) is 0 Å². The Morgan fingerprint density at radius 2 is 1.12 bits per heavy atom. The number of rotatable bonds is 5. The third kappa shape index (κ3) is 3.79. The van der Waals surface area contributed by atoms with Gasteiger partial charge in [-0.05, 0) is 41.0 Å². The molecule has 0 aliphatic heterocycles. The van der Waals surface area contributed by atoms with Crippen molar-refractivity contribution in [2.24, 2.45) is 0 Å². The van der Waals surface area contributed by atoms with Gasteiger partial charge in [0.25, 0.3) is 0 Å². The number of para-hydroxylation sites is 1. The Hall–Kier alpha value is -4.14. The molecule has 0 amide bonds. The first-order chi connectivity index (χ1) is 16.9. The van der Waals surface area contributed by atoms with Gasteiger partial charge in [-0.25, -0.2) is 0 Å². The molecular weight excluding hydrogens is 430 g/mol. The molecule has 2 heterocycles. The van der Waals surface area contributed by atoms with E-state index < -0.39 is 0 Å². The van der Waals surface area contributed by atoms with Crippen LogP contribution in [0.15, 0.2) is 127 Å². The highest BCUT2D eigenvalue weighted by molar-refractivity contribution is 7.16. The fraction of sp³-hybridized carbons (Fsp3) is 0. The van der Waals surface area contributed by atoms with Crippen LogP contribution in [-0.2, 0) is 0 Å². The van der Waals surface area contributed by atoms with Crippen LogP contribution in [0, 0.1) is 0 Å². The van der Waals surface area contributed by atoms with Crippen molar-refractivity contribution in [3.05, 3.63) is 132 Å². The molecule has 0 N–H and O–H groups in total. The van der Waals surface area contributed by atoms with Gasteiger partial charge in [0.05, 0.1) is 11.2 Å². The molecule has 6 aromatic rings. The van der Waals surface area contributed by atoms with Crippen molar-refractivity contribution >= 4 is 34.5 Å². The number of hydrogen-bond donors (Lipinski definition) is 0. The third-order valence-electron chi connectivity index (χ3n) is 6.09. The predicted molar refractivity (Wildman–Crippen MR) is 148 cm³/mol. The molecule has 162 valence electrons. The van der Waals surface area contributed by atoms with Gasteiger partial charge in [-0.1, -0.05) is 109 Å². The van der Waals surface area contributed by atoms with Gasteiger partial charge in [-0.15, -0.1) is 11.3 Å². The minimum absolute atomic E-state index is 1.20. The highest BCUT2D eigenvalue weighted by Crippen LogP contribution is 2.41. The number of fused-ring (bicyclic) bond motifs is 1. The molecule has 0 atom stereocenters. The van der Waals surface area contributed by atoms with E-state index in [1.165, 1.54) is 48.6 Å². The number of benzene rings is 4. The van der Waals surface area contributed by atoms with Crippen LogP contribution in [0.2, 0.25) is 0 Å². The first kappa shape index (κ1) is 20.5. The minimum Gasteiger partial charge on any atom is -0.315 e. The van der Waals surface area contributed by atoms with Crippen LogP contribution in [0.4, 0.5) is 0 Å². The molecule has 34 heavy (non-hydrogen) atoms. The summed E-state index contributed by atoms with van der Waals surface area (Å²) in [6.45, 7) is 0. The first-order valence-electron chi connectivity index (χ1n) is 11.5. The summed E-state index contributed by atoms with van der Waals surface area (Å²) in [5, 5.41) is 1.26. The summed E-state index contributed by atoms with van der Waals surface area (Å²) < 4.78 is 2.34. The second kappa shape index (κ2) is 9.01. The Labute approximate surface area is 203 Å². The molecule has 2 aromatic heterocycles. The lowest BCUT2D eigenvalue weighted by Crippen LogP contribution is -1.91. The average molecular weight is 454 g/mol. The smallest absolute Gasteiger partial charge is 0.0613 e. The maximum Gasteiger partial charge on any atom is 0.0613 e. The average Bonchev–Trinajstić information content (AvgIpc) is 3.52. The maximum atomic E-state index is 2.34. The minimum atomic E-state index is 1.20. The Morgan fingerprint density at radius 3 is 1.82 bits per heavy atom. The van der Waals surface area contributed by atoms with Crippen LogP contribution in [0.25, 0.3) is 56.0 Å². The van der Waals surface area contributed by atoms with E-state index in [1.54, 1.807) is 0 Å². The summed E-state index contributed by atoms with van der Waals surface area (Å²) in [5.41, 5.74) is 7.38. The van der Waals surface area contributed by atoms with Crippen LogP contribution in [0.5, 0.6) is 0 Å². The van der Waals surface area contributed by atoms with E-state index in [-0.39, 0.29) is 0 Å². The molecule has 1 nitrogen and oxygen atoms in total. The molecule has 0 saturated heterocycles. The Morgan fingerprint density at radius 1 is 0.529 bits per heavy atom. The van der Waals surface area contributed by atoms with Gasteiger partial charge in [0.1, 0.15) is 0 Å². The standard InChI is InChI=1S/C32H23NS/c1-4-12-24(13-5-1)30-21-20-27(34-30)22-23-33-29-19-11-10-18-28(29)31(25-14-6-2-7-15-25)32(33)26-16-8-3-9-17-26/h1-23H/b23-22+. The summed E-state index contributed by atoms with van der Waals surface area (Å²) in [4.78, 5) is 2.52. The second-order valence-electron chi connectivity index (χ2n) is 8.23. The zero-order valence-corrected chi connectivity index (χ0v) is 19.5. The summed E-state index contributed by atoms with van der Waals surface area (Å²) in [5.74, 6) is 0. The molecule has 0 unspecified atom stereocenters. The van der Waals surface area contributed by atoms with Gasteiger partial charge in [0.15, 0.2) is 0 Å². The molecule has 4 aromatic carbocycles. The van der Waals surface area contributed by atoms with Crippen molar-refractivity contribution in [3.63, 3.8) is 0 Å². The molecule has 6 rings (SSSR count). The van der Waals surface area contributed by atoms with Crippen LogP contribution in [-0.4, -0.2) is 4.57 Å². The van der Waals surface area contributed by atoms with Gasteiger partial charge in [-0.3, -0.25) is 0 Å². The van der Waals surface area contributed by atoms with Gasteiger partial charge in [0, 0.05) is 26.9 Å². The lowest BCUT2D eigenvalue weighted by Gasteiger charge is -2.09. The highest BCUT2D eigenvalue weighted by Gasteiger charge is 2.18. The number of hydrogen-bond acceptors (Lipinski definition) is 1. The quantitative estimate of drug-likeness (QED) is 0.245. The molecule has 0 fully saturated rings. The van der Waals surface area contributed by atoms with Crippen molar-refractivity contribution < 1.29 is 0 Å². The van der Waals surface area contributed by atoms with Crippen LogP contribution in [0.1, 0.15) is 4.88 Å². The maximum absolute atomic E-state index is 2.34. The van der Waals surface area contributed by atoms with Gasteiger partial charge < -0.3 is 4.57 Å². The fourth-order valence-corrected chi connectivity index (χ4v) is 5.45. The van der Waals surface area contributed by atoms with Crippen molar-refractivity contribution in [3.8, 4) is 32.8 Å². The first-order valence-corrected chi connectivity index (χ1v) is 12.3.